The Hall–Kier alpha value is -0.860. The van der Waals surface area contributed by atoms with E-state index in [-0.39, 0.29) is 0 Å². The fraction of sp³-hybridized carbons (Fsp3) is 0.684. The van der Waals surface area contributed by atoms with Crippen LogP contribution in [0.5, 0.6) is 0 Å². The van der Waals surface area contributed by atoms with Crippen LogP contribution in [0.25, 0.3) is 0 Å². The summed E-state index contributed by atoms with van der Waals surface area (Å²) < 4.78 is 0. The Kier molecular flexibility index (Phi) is 5.32. The second kappa shape index (κ2) is 7.42. The van der Waals surface area contributed by atoms with Crippen molar-refractivity contribution in [3.63, 3.8) is 0 Å². The van der Waals surface area contributed by atoms with E-state index >= 15 is 0 Å². The molecule has 2 fully saturated rings. The molecule has 2 aliphatic rings. The van der Waals surface area contributed by atoms with Crippen LogP contribution < -0.4 is 5.32 Å². The van der Waals surface area contributed by atoms with Gasteiger partial charge in [0.15, 0.2) is 0 Å². The zero-order valence-electron chi connectivity index (χ0n) is 13.5. The standard InChI is InChI=1S/C19H30N2/c1-2-19-10-4-3-7-13-21(19)15-17-9-6-5-8-16(17)14-20-18-11-12-18/h5-6,8-9,18-20H,2-4,7,10-15H2,1H3. The summed E-state index contributed by atoms with van der Waals surface area (Å²) in [5.41, 5.74) is 3.04. The lowest BCUT2D eigenvalue weighted by atomic mass is 10.0. The van der Waals surface area contributed by atoms with Crippen LogP contribution in [0.4, 0.5) is 0 Å². The molecule has 1 N–H and O–H groups in total. The van der Waals surface area contributed by atoms with Gasteiger partial charge < -0.3 is 5.32 Å². The van der Waals surface area contributed by atoms with Crippen LogP contribution in [0.3, 0.4) is 0 Å². The van der Waals surface area contributed by atoms with Gasteiger partial charge >= 0.3 is 0 Å². The highest BCUT2D eigenvalue weighted by Crippen LogP contribution is 2.24. The molecular weight excluding hydrogens is 256 g/mol. The topological polar surface area (TPSA) is 15.3 Å². The molecule has 2 nitrogen and oxygen atoms in total. The third kappa shape index (κ3) is 4.31. The SMILES string of the molecule is CCC1CCCCCN1Cc1ccccc1CNC1CC1. The third-order valence-electron chi connectivity index (χ3n) is 5.12. The molecule has 1 aromatic carbocycles. The van der Waals surface area contributed by atoms with Gasteiger partial charge in [0.1, 0.15) is 0 Å². The first-order chi connectivity index (χ1) is 10.4. The van der Waals surface area contributed by atoms with Crippen molar-refractivity contribution in [3.05, 3.63) is 35.4 Å². The molecule has 1 aromatic rings. The summed E-state index contributed by atoms with van der Waals surface area (Å²) in [6, 6.07) is 10.6. The van der Waals surface area contributed by atoms with Gasteiger partial charge in [-0.1, -0.05) is 44.0 Å². The van der Waals surface area contributed by atoms with Gasteiger partial charge in [0, 0.05) is 25.2 Å². The predicted molar refractivity (Wildman–Crippen MR) is 89.3 cm³/mol. The minimum atomic E-state index is 0.789. The molecule has 1 unspecified atom stereocenters. The summed E-state index contributed by atoms with van der Waals surface area (Å²) in [6.07, 6.45) is 9.62. The molecule has 0 radical (unpaired) electrons. The zero-order valence-corrected chi connectivity index (χ0v) is 13.5. The molecule has 0 bridgehead atoms. The minimum Gasteiger partial charge on any atom is -0.310 e. The molecule has 1 saturated heterocycles. The van der Waals surface area contributed by atoms with Crippen molar-refractivity contribution in [2.24, 2.45) is 0 Å². The van der Waals surface area contributed by atoms with Crippen molar-refractivity contribution in [1.82, 2.24) is 10.2 Å². The van der Waals surface area contributed by atoms with Crippen molar-refractivity contribution in [2.45, 2.75) is 77.0 Å². The van der Waals surface area contributed by atoms with Crippen LogP contribution in [0, 0.1) is 0 Å². The Morgan fingerprint density at radius 1 is 1.05 bits per heavy atom. The number of hydrogen-bond acceptors (Lipinski definition) is 2. The van der Waals surface area contributed by atoms with Crippen molar-refractivity contribution < 1.29 is 0 Å². The molecule has 116 valence electrons. The third-order valence-corrected chi connectivity index (χ3v) is 5.12. The summed E-state index contributed by atoms with van der Waals surface area (Å²) in [7, 11) is 0. The summed E-state index contributed by atoms with van der Waals surface area (Å²) in [5, 5.41) is 3.67. The minimum absolute atomic E-state index is 0.789. The van der Waals surface area contributed by atoms with Gasteiger partial charge in [-0.3, -0.25) is 4.90 Å². The van der Waals surface area contributed by atoms with Gasteiger partial charge in [-0.25, -0.2) is 0 Å². The molecule has 0 spiro atoms. The van der Waals surface area contributed by atoms with Crippen LogP contribution in [-0.2, 0) is 13.1 Å². The maximum absolute atomic E-state index is 3.67. The van der Waals surface area contributed by atoms with Crippen LogP contribution >= 0.6 is 0 Å². The largest absolute Gasteiger partial charge is 0.310 e. The molecule has 2 heteroatoms. The number of rotatable bonds is 6. The van der Waals surface area contributed by atoms with E-state index in [1.54, 1.807) is 0 Å². The maximum atomic E-state index is 3.67. The number of likely N-dealkylation sites (tertiary alicyclic amines) is 1. The number of nitrogens with one attached hydrogen (secondary N) is 1. The lowest BCUT2D eigenvalue weighted by molar-refractivity contribution is 0.185. The molecule has 1 atom stereocenters. The Morgan fingerprint density at radius 2 is 1.86 bits per heavy atom. The molecule has 21 heavy (non-hydrogen) atoms. The van der Waals surface area contributed by atoms with E-state index in [0.29, 0.717) is 0 Å². The van der Waals surface area contributed by atoms with Gasteiger partial charge in [0.2, 0.25) is 0 Å². The van der Waals surface area contributed by atoms with Crippen LogP contribution in [0.15, 0.2) is 24.3 Å². The highest BCUT2D eigenvalue weighted by atomic mass is 15.2. The smallest absolute Gasteiger partial charge is 0.0239 e. The quantitative estimate of drug-likeness (QED) is 0.847. The zero-order chi connectivity index (χ0) is 14.5. The van der Waals surface area contributed by atoms with E-state index < -0.39 is 0 Å². The average Bonchev–Trinajstić information content (AvgIpc) is 3.34. The first kappa shape index (κ1) is 15.1. The van der Waals surface area contributed by atoms with E-state index in [1.807, 2.05) is 0 Å². The predicted octanol–water partition coefficient (Wildman–Crippen LogP) is 4.09. The van der Waals surface area contributed by atoms with E-state index in [2.05, 4.69) is 41.4 Å². The van der Waals surface area contributed by atoms with E-state index in [0.717, 1.165) is 25.2 Å². The fourth-order valence-electron chi connectivity index (χ4n) is 3.55. The summed E-state index contributed by atoms with van der Waals surface area (Å²) >= 11 is 0. The van der Waals surface area contributed by atoms with E-state index in [1.165, 1.54) is 62.6 Å². The summed E-state index contributed by atoms with van der Waals surface area (Å²) in [4.78, 5) is 2.74. The van der Waals surface area contributed by atoms with Crippen molar-refractivity contribution >= 4 is 0 Å². The number of benzene rings is 1. The highest BCUT2D eigenvalue weighted by molar-refractivity contribution is 5.27. The molecule has 3 rings (SSSR count). The Bertz CT molecular complexity index is 439. The molecule has 1 aliphatic heterocycles. The molecule has 1 heterocycles. The lowest BCUT2D eigenvalue weighted by Crippen LogP contribution is -2.34. The van der Waals surface area contributed by atoms with E-state index in [9.17, 15) is 0 Å². The van der Waals surface area contributed by atoms with Gasteiger partial charge in [-0.15, -0.1) is 0 Å². The number of nitrogens with zero attached hydrogens (tertiary/aromatic N) is 1. The van der Waals surface area contributed by atoms with E-state index in [4.69, 9.17) is 0 Å². The monoisotopic (exact) mass is 286 g/mol. The van der Waals surface area contributed by atoms with Crippen LogP contribution in [-0.4, -0.2) is 23.5 Å². The van der Waals surface area contributed by atoms with Crippen molar-refractivity contribution in [3.8, 4) is 0 Å². The molecule has 1 aliphatic carbocycles. The van der Waals surface area contributed by atoms with Crippen LogP contribution in [0.2, 0.25) is 0 Å². The Morgan fingerprint density at radius 3 is 2.62 bits per heavy atom. The molecule has 1 saturated carbocycles. The van der Waals surface area contributed by atoms with Gasteiger partial charge in [-0.2, -0.15) is 0 Å². The lowest BCUT2D eigenvalue weighted by Gasteiger charge is -2.30. The van der Waals surface area contributed by atoms with Gasteiger partial charge in [0.25, 0.3) is 0 Å². The fourth-order valence-corrected chi connectivity index (χ4v) is 3.55. The Labute approximate surface area is 129 Å². The molecule has 0 aromatic heterocycles. The summed E-state index contributed by atoms with van der Waals surface area (Å²) in [6.45, 7) is 5.82. The van der Waals surface area contributed by atoms with Gasteiger partial charge in [0.05, 0.1) is 0 Å². The second-order valence-corrected chi connectivity index (χ2v) is 6.81. The number of hydrogen-bond donors (Lipinski definition) is 1. The van der Waals surface area contributed by atoms with Gasteiger partial charge in [-0.05, 0) is 49.8 Å². The first-order valence-corrected chi connectivity index (χ1v) is 8.91. The normalized spacial score (nSPS) is 24.0. The first-order valence-electron chi connectivity index (χ1n) is 8.91. The van der Waals surface area contributed by atoms with Crippen LogP contribution in [0.1, 0.15) is 63.0 Å². The Balaban J connectivity index is 1.66. The molecule has 0 amide bonds. The van der Waals surface area contributed by atoms with Crippen molar-refractivity contribution in [2.75, 3.05) is 6.54 Å². The maximum Gasteiger partial charge on any atom is 0.0239 e. The summed E-state index contributed by atoms with van der Waals surface area (Å²) in [5.74, 6) is 0. The average molecular weight is 286 g/mol. The highest BCUT2D eigenvalue weighted by Gasteiger charge is 2.22. The molecular formula is C19H30N2. The van der Waals surface area contributed by atoms with Crippen molar-refractivity contribution in [1.29, 1.82) is 0 Å². The second-order valence-electron chi connectivity index (χ2n) is 6.81.